The fourth-order valence-electron chi connectivity index (χ4n) is 2.48. The maximum Gasteiger partial charge on any atom is 0.339 e. The van der Waals surface area contributed by atoms with Gasteiger partial charge in [0.2, 0.25) is 0 Å². The lowest BCUT2D eigenvalue weighted by Crippen LogP contribution is -2.02. The molecule has 0 spiro atoms. The first kappa shape index (κ1) is 18.8. The molecule has 0 atom stereocenters. The standard InChI is InChI=1S/C21H13Cl2NO3/c1-26-21(25)18-11-14(4-8-19(18)23)20-9-7-17(27-20)10-15(12-24)13-2-5-16(22)6-3-13/h2-11H,1H3. The molecule has 0 bridgehead atoms. The Morgan fingerprint density at radius 2 is 1.85 bits per heavy atom. The third-order valence-corrected chi connectivity index (χ3v) is 4.43. The van der Waals surface area contributed by atoms with Gasteiger partial charge in [0.1, 0.15) is 11.5 Å². The lowest BCUT2D eigenvalue weighted by atomic mass is 10.1. The van der Waals surface area contributed by atoms with Crippen molar-refractivity contribution in [3.63, 3.8) is 0 Å². The highest BCUT2D eigenvalue weighted by atomic mass is 35.5. The van der Waals surface area contributed by atoms with Crippen molar-refractivity contribution in [2.45, 2.75) is 0 Å². The molecule has 0 radical (unpaired) electrons. The second-order valence-corrected chi connectivity index (χ2v) is 6.41. The highest BCUT2D eigenvalue weighted by Crippen LogP contribution is 2.29. The van der Waals surface area contributed by atoms with E-state index in [4.69, 9.17) is 32.4 Å². The van der Waals surface area contributed by atoms with E-state index in [1.54, 1.807) is 60.7 Å². The first-order valence-electron chi connectivity index (χ1n) is 7.87. The van der Waals surface area contributed by atoms with Crippen LogP contribution in [-0.2, 0) is 4.74 Å². The zero-order valence-corrected chi connectivity index (χ0v) is 15.7. The van der Waals surface area contributed by atoms with Crippen LogP contribution in [0.25, 0.3) is 23.0 Å². The fraction of sp³-hybridized carbons (Fsp3) is 0.0476. The van der Waals surface area contributed by atoms with Crippen LogP contribution in [0.3, 0.4) is 0 Å². The fourth-order valence-corrected chi connectivity index (χ4v) is 2.80. The number of allylic oxidation sites excluding steroid dienone is 1. The molecule has 3 rings (SSSR count). The van der Waals surface area contributed by atoms with Crippen LogP contribution in [0.4, 0.5) is 0 Å². The van der Waals surface area contributed by atoms with E-state index >= 15 is 0 Å². The highest BCUT2D eigenvalue weighted by molar-refractivity contribution is 6.33. The van der Waals surface area contributed by atoms with Gasteiger partial charge in [0.05, 0.1) is 29.3 Å². The normalized spacial score (nSPS) is 11.1. The molecule has 2 aromatic carbocycles. The van der Waals surface area contributed by atoms with Gasteiger partial charge < -0.3 is 9.15 Å². The molecule has 27 heavy (non-hydrogen) atoms. The molecule has 0 fully saturated rings. The van der Waals surface area contributed by atoms with Crippen LogP contribution in [0.1, 0.15) is 21.7 Å². The topological polar surface area (TPSA) is 63.2 Å². The molecule has 0 unspecified atom stereocenters. The Morgan fingerprint density at radius 3 is 2.52 bits per heavy atom. The van der Waals surface area contributed by atoms with E-state index in [9.17, 15) is 10.1 Å². The maximum absolute atomic E-state index is 11.8. The van der Waals surface area contributed by atoms with E-state index in [1.807, 2.05) is 0 Å². The first-order valence-corrected chi connectivity index (χ1v) is 8.63. The lowest BCUT2D eigenvalue weighted by Gasteiger charge is -2.04. The van der Waals surface area contributed by atoms with Crippen molar-refractivity contribution in [3.05, 3.63) is 81.5 Å². The minimum Gasteiger partial charge on any atom is -0.465 e. The molecular weight excluding hydrogens is 385 g/mol. The monoisotopic (exact) mass is 397 g/mol. The van der Waals surface area contributed by atoms with Crippen LogP contribution in [0, 0.1) is 11.3 Å². The number of hydrogen-bond donors (Lipinski definition) is 0. The summed E-state index contributed by atoms with van der Waals surface area (Å²) in [5, 5.41) is 10.3. The number of methoxy groups -OCH3 is 1. The average Bonchev–Trinajstić information content (AvgIpc) is 3.15. The van der Waals surface area contributed by atoms with E-state index in [0.29, 0.717) is 32.7 Å². The number of halogens is 2. The van der Waals surface area contributed by atoms with E-state index in [-0.39, 0.29) is 5.56 Å². The maximum atomic E-state index is 11.8. The van der Waals surface area contributed by atoms with Gasteiger partial charge in [-0.3, -0.25) is 0 Å². The molecule has 134 valence electrons. The van der Waals surface area contributed by atoms with E-state index in [2.05, 4.69) is 6.07 Å². The third-order valence-electron chi connectivity index (χ3n) is 3.85. The molecule has 1 aromatic heterocycles. The quantitative estimate of drug-likeness (QED) is 0.393. The Kier molecular flexibility index (Phi) is 5.66. The molecule has 4 nitrogen and oxygen atoms in total. The summed E-state index contributed by atoms with van der Waals surface area (Å²) in [6, 6.07) is 17.6. The van der Waals surface area contributed by atoms with E-state index < -0.39 is 5.97 Å². The average molecular weight is 398 g/mol. The van der Waals surface area contributed by atoms with Crippen LogP contribution >= 0.6 is 23.2 Å². The Hall–Kier alpha value is -3.00. The zero-order chi connectivity index (χ0) is 19.4. The predicted octanol–water partition coefficient (Wildman–Crippen LogP) is 6.10. The van der Waals surface area contributed by atoms with Gasteiger partial charge >= 0.3 is 5.97 Å². The van der Waals surface area contributed by atoms with E-state index in [1.165, 1.54) is 7.11 Å². The summed E-state index contributed by atoms with van der Waals surface area (Å²) in [6.45, 7) is 0. The molecule has 0 aliphatic rings. The summed E-state index contributed by atoms with van der Waals surface area (Å²) in [5.74, 6) is 0.519. The molecule has 1 heterocycles. The smallest absolute Gasteiger partial charge is 0.339 e. The van der Waals surface area contributed by atoms with Crippen LogP contribution in [0.5, 0.6) is 0 Å². The molecule has 6 heteroatoms. The summed E-state index contributed by atoms with van der Waals surface area (Å²) in [5.41, 5.74) is 2.10. The van der Waals surface area contributed by atoms with Gasteiger partial charge in [-0.05, 0) is 54.1 Å². The molecule has 0 aliphatic heterocycles. The van der Waals surface area contributed by atoms with Gasteiger partial charge in [-0.15, -0.1) is 0 Å². The predicted molar refractivity (Wildman–Crippen MR) is 105 cm³/mol. The van der Waals surface area contributed by atoms with Crippen molar-refractivity contribution in [2.24, 2.45) is 0 Å². The molecule has 0 saturated heterocycles. The largest absolute Gasteiger partial charge is 0.465 e. The van der Waals surface area contributed by atoms with Crippen LogP contribution < -0.4 is 0 Å². The van der Waals surface area contributed by atoms with Gasteiger partial charge in [-0.2, -0.15) is 5.26 Å². The molecule has 0 aliphatic carbocycles. The summed E-state index contributed by atoms with van der Waals surface area (Å²) in [6.07, 6.45) is 1.64. The Morgan fingerprint density at radius 1 is 1.11 bits per heavy atom. The van der Waals surface area contributed by atoms with Gasteiger partial charge in [-0.25, -0.2) is 4.79 Å². The Balaban J connectivity index is 1.94. The van der Waals surface area contributed by atoms with Gasteiger partial charge in [0, 0.05) is 10.6 Å². The van der Waals surface area contributed by atoms with Crippen molar-refractivity contribution in [1.29, 1.82) is 5.26 Å². The minimum absolute atomic E-state index is 0.254. The summed E-state index contributed by atoms with van der Waals surface area (Å²) in [4.78, 5) is 11.8. The van der Waals surface area contributed by atoms with Crippen LogP contribution in [-0.4, -0.2) is 13.1 Å². The van der Waals surface area contributed by atoms with E-state index in [0.717, 1.165) is 5.56 Å². The Labute approximate surface area is 166 Å². The number of rotatable bonds is 4. The van der Waals surface area contributed by atoms with Crippen molar-refractivity contribution in [2.75, 3.05) is 7.11 Å². The number of nitriles is 1. The molecule has 0 saturated carbocycles. The summed E-state index contributed by atoms with van der Waals surface area (Å²) >= 11 is 11.9. The summed E-state index contributed by atoms with van der Waals surface area (Å²) < 4.78 is 10.5. The number of carbonyl (C=O) groups excluding carboxylic acids is 1. The van der Waals surface area contributed by atoms with Gasteiger partial charge in [0.15, 0.2) is 0 Å². The first-order chi connectivity index (χ1) is 13.0. The Bertz CT molecular complexity index is 1060. The number of benzene rings is 2. The molecule has 3 aromatic rings. The number of furan rings is 1. The van der Waals surface area contributed by atoms with Gasteiger partial charge in [0.25, 0.3) is 0 Å². The van der Waals surface area contributed by atoms with Crippen LogP contribution in [0.2, 0.25) is 10.0 Å². The number of hydrogen-bond acceptors (Lipinski definition) is 4. The van der Waals surface area contributed by atoms with Crippen molar-refractivity contribution in [1.82, 2.24) is 0 Å². The minimum atomic E-state index is -0.525. The number of carbonyl (C=O) groups is 1. The number of esters is 1. The lowest BCUT2D eigenvalue weighted by molar-refractivity contribution is 0.0601. The number of ether oxygens (including phenoxy) is 1. The SMILES string of the molecule is COC(=O)c1cc(-c2ccc(C=C(C#N)c3ccc(Cl)cc3)o2)ccc1Cl. The van der Waals surface area contributed by atoms with Crippen molar-refractivity contribution in [3.8, 4) is 17.4 Å². The molecule has 0 N–H and O–H groups in total. The van der Waals surface area contributed by atoms with Crippen molar-refractivity contribution < 1.29 is 13.9 Å². The van der Waals surface area contributed by atoms with Crippen LogP contribution in [0.15, 0.2) is 59.0 Å². The third kappa shape index (κ3) is 4.22. The second kappa shape index (κ2) is 8.13. The highest BCUT2D eigenvalue weighted by Gasteiger charge is 2.14. The summed E-state index contributed by atoms with van der Waals surface area (Å²) in [7, 11) is 1.29. The molecule has 0 amide bonds. The zero-order valence-electron chi connectivity index (χ0n) is 14.2. The van der Waals surface area contributed by atoms with Crippen molar-refractivity contribution >= 4 is 40.8 Å². The second-order valence-electron chi connectivity index (χ2n) is 5.56. The molecular formula is C21H13Cl2NO3. The van der Waals surface area contributed by atoms with Gasteiger partial charge in [-0.1, -0.05) is 35.3 Å². The number of nitrogens with zero attached hydrogens (tertiary/aromatic N) is 1.